The molecule has 286 valence electrons. The topological polar surface area (TPSA) is 110 Å². The van der Waals surface area contributed by atoms with Crippen molar-refractivity contribution in [1.82, 2.24) is 5.32 Å². The van der Waals surface area contributed by atoms with Gasteiger partial charge in [-0.2, -0.15) is 0 Å². The lowest BCUT2D eigenvalue weighted by atomic mass is 9.99. The van der Waals surface area contributed by atoms with Crippen LogP contribution in [0.2, 0.25) is 0 Å². The van der Waals surface area contributed by atoms with Crippen LogP contribution in [-0.4, -0.2) is 57.3 Å². The van der Waals surface area contributed by atoms with E-state index in [1.807, 2.05) is 0 Å². The van der Waals surface area contributed by atoms with E-state index in [-0.39, 0.29) is 0 Å². The lowest BCUT2D eigenvalue weighted by Crippen LogP contribution is -2.53. The molecule has 0 rings (SSSR count). The summed E-state index contributed by atoms with van der Waals surface area (Å²) in [4.78, 5) is 12.5. The highest BCUT2D eigenvalue weighted by atomic mass is 16.3. The zero-order chi connectivity index (χ0) is 35.3. The smallest absolute Gasteiger partial charge is 0.249 e. The average molecular weight is 682 g/mol. The van der Waals surface area contributed by atoms with Crippen molar-refractivity contribution in [2.45, 2.75) is 244 Å². The third-order valence-electron chi connectivity index (χ3n) is 9.98. The van der Waals surface area contributed by atoms with E-state index in [0.717, 1.165) is 51.4 Å². The Morgan fingerprint density at radius 2 is 0.833 bits per heavy atom. The number of rotatable bonds is 38. The standard InChI is InChI=1S/C42H83NO5/c1-3-5-7-9-11-13-15-17-18-19-20-21-22-23-24-26-28-30-32-34-36-40(46)42(48)43-38(37-44)41(47)39(45)35-33-31-29-27-25-16-14-12-10-8-6-4-2/h12,14,38-41,44-47H,3-11,13,15-37H2,1-2H3,(H,43,48)/b14-12+/t38-,39-,40+,41-/m1/s1. The van der Waals surface area contributed by atoms with E-state index < -0.39 is 36.9 Å². The van der Waals surface area contributed by atoms with Crippen molar-refractivity contribution in [3.05, 3.63) is 12.2 Å². The maximum Gasteiger partial charge on any atom is 0.249 e. The zero-order valence-corrected chi connectivity index (χ0v) is 32.0. The number of hydrogen-bond donors (Lipinski definition) is 5. The number of aliphatic hydroxyl groups excluding tert-OH is 4. The molecule has 48 heavy (non-hydrogen) atoms. The minimum Gasteiger partial charge on any atom is -0.394 e. The van der Waals surface area contributed by atoms with E-state index in [1.54, 1.807) is 0 Å². The summed E-state index contributed by atoms with van der Waals surface area (Å²) in [6, 6.07) is -0.985. The maximum absolute atomic E-state index is 12.5. The van der Waals surface area contributed by atoms with Crippen LogP contribution in [0.3, 0.4) is 0 Å². The van der Waals surface area contributed by atoms with Gasteiger partial charge >= 0.3 is 0 Å². The Bertz CT molecular complexity index is 687. The number of amides is 1. The molecule has 0 aliphatic rings. The van der Waals surface area contributed by atoms with Crippen LogP contribution < -0.4 is 5.32 Å². The van der Waals surface area contributed by atoms with Gasteiger partial charge in [-0.05, 0) is 38.5 Å². The van der Waals surface area contributed by atoms with Gasteiger partial charge in [-0.3, -0.25) is 4.79 Å². The highest BCUT2D eigenvalue weighted by Crippen LogP contribution is 2.16. The molecule has 0 unspecified atom stereocenters. The molecule has 4 atom stereocenters. The highest BCUT2D eigenvalue weighted by Gasteiger charge is 2.28. The largest absolute Gasteiger partial charge is 0.394 e. The van der Waals surface area contributed by atoms with Gasteiger partial charge in [0, 0.05) is 0 Å². The van der Waals surface area contributed by atoms with Crippen LogP contribution in [-0.2, 0) is 4.79 Å². The average Bonchev–Trinajstić information content (AvgIpc) is 3.09. The van der Waals surface area contributed by atoms with Gasteiger partial charge in [0.15, 0.2) is 0 Å². The molecule has 0 saturated carbocycles. The number of unbranched alkanes of at least 4 members (excludes halogenated alkanes) is 27. The predicted molar refractivity (Wildman–Crippen MR) is 205 cm³/mol. The number of allylic oxidation sites excluding steroid dienone is 2. The molecule has 0 spiro atoms. The molecule has 0 bridgehead atoms. The van der Waals surface area contributed by atoms with Crippen LogP contribution in [0.5, 0.6) is 0 Å². The van der Waals surface area contributed by atoms with Gasteiger partial charge < -0.3 is 25.7 Å². The summed E-state index contributed by atoms with van der Waals surface area (Å²) in [7, 11) is 0. The van der Waals surface area contributed by atoms with Gasteiger partial charge in [-0.25, -0.2) is 0 Å². The Balaban J connectivity index is 3.71. The zero-order valence-electron chi connectivity index (χ0n) is 32.0. The maximum atomic E-state index is 12.5. The van der Waals surface area contributed by atoms with Crippen molar-refractivity contribution in [1.29, 1.82) is 0 Å². The Labute approximate surface area is 298 Å². The van der Waals surface area contributed by atoms with Crippen LogP contribution in [0.1, 0.15) is 219 Å². The molecule has 0 radical (unpaired) electrons. The van der Waals surface area contributed by atoms with Crippen molar-refractivity contribution in [2.75, 3.05) is 6.61 Å². The van der Waals surface area contributed by atoms with E-state index in [2.05, 4.69) is 31.3 Å². The molecule has 6 heteroatoms. The fourth-order valence-electron chi connectivity index (χ4n) is 6.57. The van der Waals surface area contributed by atoms with Gasteiger partial charge in [0.05, 0.1) is 18.8 Å². The first-order valence-electron chi connectivity index (χ1n) is 21.1. The van der Waals surface area contributed by atoms with Crippen molar-refractivity contribution in [3.8, 4) is 0 Å². The molecule has 0 saturated heterocycles. The predicted octanol–water partition coefficient (Wildman–Crippen LogP) is 10.6. The summed E-state index contributed by atoms with van der Waals surface area (Å²) in [5, 5.41) is 43.5. The molecule has 6 nitrogen and oxygen atoms in total. The minimum absolute atomic E-state index is 0.371. The lowest BCUT2D eigenvalue weighted by molar-refractivity contribution is -0.132. The molecule has 0 aliphatic heterocycles. The summed E-state index contributed by atoms with van der Waals surface area (Å²) in [6.45, 7) is 4.02. The quantitative estimate of drug-likeness (QED) is 0.0329. The monoisotopic (exact) mass is 682 g/mol. The Hall–Kier alpha value is -0.950. The van der Waals surface area contributed by atoms with Gasteiger partial charge in [0.25, 0.3) is 0 Å². The molecular weight excluding hydrogens is 598 g/mol. The first kappa shape index (κ1) is 47.0. The molecule has 0 aliphatic carbocycles. The van der Waals surface area contributed by atoms with Gasteiger partial charge in [0.2, 0.25) is 5.91 Å². The first-order valence-corrected chi connectivity index (χ1v) is 21.1. The van der Waals surface area contributed by atoms with Crippen LogP contribution in [0.15, 0.2) is 12.2 Å². The second-order valence-corrected chi connectivity index (χ2v) is 14.7. The van der Waals surface area contributed by atoms with E-state index >= 15 is 0 Å². The summed E-state index contributed by atoms with van der Waals surface area (Å²) in [6.07, 6.45) is 39.5. The normalized spacial score (nSPS) is 14.4. The van der Waals surface area contributed by atoms with Crippen LogP contribution >= 0.6 is 0 Å². The molecule has 5 N–H and O–H groups in total. The molecule has 0 heterocycles. The fraction of sp³-hybridized carbons (Fsp3) is 0.929. The van der Waals surface area contributed by atoms with Gasteiger partial charge in [0.1, 0.15) is 12.2 Å². The third kappa shape index (κ3) is 31.1. The van der Waals surface area contributed by atoms with Crippen LogP contribution in [0.25, 0.3) is 0 Å². The number of aliphatic hydroxyl groups is 4. The molecule has 0 aromatic rings. The van der Waals surface area contributed by atoms with Crippen molar-refractivity contribution in [3.63, 3.8) is 0 Å². The van der Waals surface area contributed by atoms with Crippen molar-refractivity contribution >= 4 is 5.91 Å². The van der Waals surface area contributed by atoms with Crippen LogP contribution in [0.4, 0.5) is 0 Å². The Morgan fingerprint density at radius 1 is 0.500 bits per heavy atom. The fourth-order valence-corrected chi connectivity index (χ4v) is 6.57. The third-order valence-corrected chi connectivity index (χ3v) is 9.98. The lowest BCUT2D eigenvalue weighted by Gasteiger charge is -2.27. The Kier molecular flexibility index (Phi) is 36.6. The SMILES string of the molecule is CCCCC/C=C/CCCCCCC[C@@H](O)[C@H](O)[C@@H](CO)NC(=O)[C@@H](O)CCCCCCCCCCCCCCCCCCCCCC. The second kappa shape index (κ2) is 37.3. The number of hydrogen-bond acceptors (Lipinski definition) is 5. The van der Waals surface area contributed by atoms with Gasteiger partial charge in [-0.15, -0.1) is 0 Å². The molecule has 0 aromatic carbocycles. The van der Waals surface area contributed by atoms with Gasteiger partial charge in [-0.1, -0.05) is 193 Å². The molecule has 0 fully saturated rings. The summed E-state index contributed by atoms with van der Waals surface area (Å²) >= 11 is 0. The second-order valence-electron chi connectivity index (χ2n) is 14.7. The Morgan fingerprint density at radius 3 is 1.25 bits per heavy atom. The minimum atomic E-state index is -1.26. The summed E-state index contributed by atoms with van der Waals surface area (Å²) < 4.78 is 0. The van der Waals surface area contributed by atoms with Crippen molar-refractivity contribution in [2.24, 2.45) is 0 Å². The van der Waals surface area contributed by atoms with Crippen molar-refractivity contribution < 1.29 is 25.2 Å². The van der Waals surface area contributed by atoms with E-state index in [9.17, 15) is 25.2 Å². The molecule has 0 aromatic heterocycles. The molecular formula is C42H83NO5. The van der Waals surface area contributed by atoms with E-state index in [0.29, 0.717) is 12.8 Å². The first-order chi connectivity index (χ1) is 23.5. The number of nitrogens with one attached hydrogen (secondary N) is 1. The highest BCUT2D eigenvalue weighted by molar-refractivity contribution is 5.80. The number of carbonyl (C=O) groups is 1. The van der Waals surface area contributed by atoms with E-state index in [4.69, 9.17) is 0 Å². The van der Waals surface area contributed by atoms with E-state index in [1.165, 1.54) is 141 Å². The molecule has 1 amide bonds. The number of carbonyl (C=O) groups excluding carboxylic acids is 1. The van der Waals surface area contributed by atoms with Crippen LogP contribution in [0, 0.1) is 0 Å². The summed E-state index contributed by atoms with van der Waals surface area (Å²) in [5.74, 6) is -0.586. The summed E-state index contributed by atoms with van der Waals surface area (Å²) in [5.41, 5.74) is 0.